The van der Waals surface area contributed by atoms with E-state index < -0.39 is 0 Å². The minimum absolute atomic E-state index is 0.108. The van der Waals surface area contributed by atoms with Crippen molar-refractivity contribution < 1.29 is 14.3 Å². The molecule has 2 heterocycles. The van der Waals surface area contributed by atoms with Gasteiger partial charge in [-0.05, 0) is 69.3 Å². The molecular formula is C25H37N3O3. The number of hydrogen-bond donors (Lipinski definition) is 0. The summed E-state index contributed by atoms with van der Waals surface area (Å²) in [5.41, 5.74) is 3.61. The fraction of sp³-hybridized carbons (Fsp3) is 0.680. The summed E-state index contributed by atoms with van der Waals surface area (Å²) in [5.74, 6) is -0.147. The first-order valence-corrected chi connectivity index (χ1v) is 12.1. The summed E-state index contributed by atoms with van der Waals surface area (Å²) in [6, 6.07) is 6.69. The minimum atomic E-state index is -0.203. The van der Waals surface area contributed by atoms with Crippen LogP contribution < -0.4 is 4.90 Å². The van der Waals surface area contributed by atoms with Gasteiger partial charge in [-0.1, -0.05) is 25.3 Å². The predicted molar refractivity (Wildman–Crippen MR) is 122 cm³/mol. The maximum absolute atomic E-state index is 13.6. The van der Waals surface area contributed by atoms with Crippen molar-refractivity contribution in [2.45, 2.75) is 70.3 Å². The van der Waals surface area contributed by atoms with E-state index in [1.165, 1.54) is 17.5 Å². The zero-order valence-electron chi connectivity index (χ0n) is 19.2. The number of hydrogen-bond acceptors (Lipinski definition) is 4. The van der Waals surface area contributed by atoms with Gasteiger partial charge in [0.15, 0.2) is 0 Å². The first-order valence-electron chi connectivity index (χ1n) is 12.1. The summed E-state index contributed by atoms with van der Waals surface area (Å²) < 4.78 is 5.17. The van der Waals surface area contributed by atoms with Crippen LogP contribution in [0.2, 0.25) is 0 Å². The predicted octanol–water partition coefficient (Wildman–Crippen LogP) is 4.01. The van der Waals surface area contributed by atoms with Crippen LogP contribution in [0.3, 0.4) is 0 Å². The highest BCUT2D eigenvalue weighted by Gasteiger charge is 2.45. The van der Waals surface area contributed by atoms with E-state index in [-0.39, 0.29) is 17.5 Å². The molecule has 1 aromatic carbocycles. The molecule has 31 heavy (non-hydrogen) atoms. The first kappa shape index (κ1) is 22.1. The lowest BCUT2D eigenvalue weighted by Crippen LogP contribution is -2.52. The van der Waals surface area contributed by atoms with Crippen LogP contribution in [0.25, 0.3) is 0 Å². The molecule has 0 unspecified atom stereocenters. The third-order valence-electron chi connectivity index (χ3n) is 7.49. The smallest absolute Gasteiger partial charge is 0.325 e. The quantitative estimate of drug-likeness (QED) is 0.644. The normalized spacial score (nSPS) is 21.7. The molecule has 0 atom stereocenters. The molecule has 1 aromatic rings. The second-order valence-electron chi connectivity index (χ2n) is 9.43. The number of nitrogens with zero attached hydrogens (tertiary/aromatic N) is 3. The van der Waals surface area contributed by atoms with Crippen LogP contribution in [0.1, 0.15) is 63.0 Å². The molecule has 6 nitrogen and oxygen atoms in total. The Hall–Kier alpha value is -2.08. The van der Waals surface area contributed by atoms with E-state index in [2.05, 4.69) is 35.0 Å². The van der Waals surface area contributed by atoms with Crippen LogP contribution in [0.15, 0.2) is 18.2 Å². The van der Waals surface area contributed by atoms with Gasteiger partial charge in [0.25, 0.3) is 0 Å². The van der Waals surface area contributed by atoms with Crippen LogP contribution >= 0.6 is 0 Å². The molecule has 1 aliphatic carbocycles. The molecule has 2 fully saturated rings. The molecule has 0 N–H and O–H groups in total. The molecule has 6 heteroatoms. The molecule has 4 rings (SSSR count). The number of fused-ring (bicyclic) bond motifs is 1. The van der Waals surface area contributed by atoms with Crippen LogP contribution in [0, 0.1) is 0 Å². The highest BCUT2D eigenvalue weighted by molar-refractivity contribution is 5.95. The summed E-state index contributed by atoms with van der Waals surface area (Å²) in [5, 5.41) is 0. The van der Waals surface area contributed by atoms with E-state index in [9.17, 15) is 9.59 Å². The van der Waals surface area contributed by atoms with Crippen LogP contribution in [0.5, 0.6) is 0 Å². The zero-order chi connectivity index (χ0) is 21.8. The number of urea groups is 1. The van der Waals surface area contributed by atoms with Gasteiger partial charge in [-0.25, -0.2) is 4.79 Å². The van der Waals surface area contributed by atoms with Crippen LogP contribution in [0.4, 0.5) is 10.5 Å². The van der Waals surface area contributed by atoms with Gasteiger partial charge in [0.1, 0.15) is 0 Å². The number of esters is 1. The topological polar surface area (TPSA) is 53.1 Å². The number of likely N-dealkylation sites (N-methyl/N-ethyl adjacent to an activating group) is 1. The highest BCUT2D eigenvalue weighted by Crippen LogP contribution is 2.40. The van der Waals surface area contributed by atoms with Crippen molar-refractivity contribution in [1.82, 2.24) is 9.80 Å². The molecular weight excluding hydrogens is 390 g/mol. The van der Waals surface area contributed by atoms with Crippen molar-refractivity contribution in [1.29, 1.82) is 0 Å². The van der Waals surface area contributed by atoms with Gasteiger partial charge in [-0.2, -0.15) is 0 Å². The molecule has 0 bridgehead atoms. The highest BCUT2D eigenvalue weighted by atomic mass is 16.5. The summed E-state index contributed by atoms with van der Waals surface area (Å²) in [4.78, 5) is 32.1. The number of carbonyl (C=O) groups excluding carboxylic acids is 2. The van der Waals surface area contributed by atoms with Crippen molar-refractivity contribution in [2.24, 2.45) is 0 Å². The number of rotatable bonds is 6. The van der Waals surface area contributed by atoms with E-state index in [4.69, 9.17) is 4.74 Å². The van der Waals surface area contributed by atoms with Crippen LogP contribution in [-0.4, -0.2) is 67.2 Å². The Balaban J connectivity index is 1.51. The first-order chi connectivity index (χ1) is 15.0. The molecule has 3 aliphatic rings. The van der Waals surface area contributed by atoms with Crippen molar-refractivity contribution in [3.63, 3.8) is 0 Å². The number of carbonyl (C=O) groups is 2. The standard InChI is InChI=1S/C25H37N3O3/c1-3-31-23(29)9-14-25(12-5-4-6-13-25)28-18-17-27(24(28)30)22-8-7-20-10-15-26(2)16-11-21(20)19-22/h7-8,19H,3-6,9-18H2,1-2H3. The number of benzene rings is 1. The molecule has 1 saturated heterocycles. The number of amides is 2. The van der Waals surface area contributed by atoms with Gasteiger partial charge in [0.2, 0.25) is 0 Å². The Morgan fingerprint density at radius 1 is 1.03 bits per heavy atom. The molecule has 0 radical (unpaired) electrons. The van der Waals surface area contributed by atoms with Crippen molar-refractivity contribution >= 4 is 17.7 Å². The summed E-state index contributed by atoms with van der Waals surface area (Å²) in [6.45, 7) is 5.87. The third-order valence-corrected chi connectivity index (χ3v) is 7.49. The molecule has 0 aromatic heterocycles. The van der Waals surface area contributed by atoms with E-state index in [0.717, 1.165) is 70.4 Å². The Kier molecular flexibility index (Phi) is 6.85. The monoisotopic (exact) mass is 427 g/mol. The molecule has 170 valence electrons. The SMILES string of the molecule is CCOC(=O)CCC1(N2CCN(c3ccc4c(c3)CCN(C)CC4)C2=O)CCCCC1. The average molecular weight is 428 g/mol. The lowest BCUT2D eigenvalue weighted by molar-refractivity contribution is -0.144. The van der Waals surface area contributed by atoms with Gasteiger partial charge in [-0.3, -0.25) is 9.69 Å². The Morgan fingerprint density at radius 3 is 2.52 bits per heavy atom. The maximum Gasteiger partial charge on any atom is 0.325 e. The van der Waals surface area contributed by atoms with Crippen molar-refractivity contribution in [3.8, 4) is 0 Å². The largest absolute Gasteiger partial charge is 0.466 e. The summed E-state index contributed by atoms with van der Waals surface area (Å²) >= 11 is 0. The van der Waals surface area contributed by atoms with E-state index in [1.54, 1.807) is 0 Å². The summed E-state index contributed by atoms with van der Waals surface area (Å²) in [7, 11) is 2.18. The van der Waals surface area contributed by atoms with Crippen molar-refractivity contribution in [3.05, 3.63) is 29.3 Å². The second kappa shape index (κ2) is 9.60. The Labute approximate surface area is 186 Å². The van der Waals surface area contributed by atoms with Gasteiger partial charge >= 0.3 is 12.0 Å². The fourth-order valence-electron chi connectivity index (χ4n) is 5.64. The fourth-order valence-corrected chi connectivity index (χ4v) is 5.64. The number of anilines is 1. The lowest BCUT2D eigenvalue weighted by Gasteiger charge is -2.44. The van der Waals surface area contributed by atoms with Crippen molar-refractivity contribution in [2.75, 3.05) is 44.7 Å². The summed E-state index contributed by atoms with van der Waals surface area (Å²) in [6.07, 6.45) is 8.65. The van der Waals surface area contributed by atoms with Crippen LogP contribution in [-0.2, 0) is 22.4 Å². The number of ether oxygens (including phenoxy) is 1. The lowest BCUT2D eigenvalue weighted by atomic mass is 9.77. The minimum Gasteiger partial charge on any atom is -0.466 e. The van der Waals surface area contributed by atoms with Gasteiger partial charge < -0.3 is 14.5 Å². The Morgan fingerprint density at radius 2 is 1.77 bits per heavy atom. The van der Waals surface area contributed by atoms with E-state index >= 15 is 0 Å². The second-order valence-corrected chi connectivity index (χ2v) is 9.43. The Bertz CT molecular complexity index is 803. The molecule has 0 spiro atoms. The molecule has 2 amide bonds. The van der Waals surface area contributed by atoms with E-state index in [1.807, 2.05) is 11.8 Å². The van der Waals surface area contributed by atoms with Gasteiger partial charge in [-0.15, -0.1) is 0 Å². The van der Waals surface area contributed by atoms with Gasteiger partial charge in [0, 0.05) is 43.8 Å². The average Bonchev–Trinajstić information content (AvgIpc) is 3.07. The molecule has 2 aliphatic heterocycles. The molecule has 1 saturated carbocycles. The zero-order valence-corrected chi connectivity index (χ0v) is 19.2. The third kappa shape index (κ3) is 4.74. The van der Waals surface area contributed by atoms with Gasteiger partial charge in [0.05, 0.1) is 6.61 Å². The van der Waals surface area contributed by atoms with E-state index in [0.29, 0.717) is 19.4 Å². The maximum atomic E-state index is 13.6.